The molecule has 0 bridgehead atoms. The normalized spacial score (nSPS) is 13.9. The predicted octanol–water partition coefficient (Wildman–Crippen LogP) is 2.02. The number of rotatable bonds is 7. The van der Waals surface area contributed by atoms with Crippen molar-refractivity contribution in [2.45, 2.75) is 25.7 Å². The number of nitrogens with one attached hydrogen (secondary N) is 1. The highest BCUT2D eigenvalue weighted by Crippen LogP contribution is 2.06. The minimum Gasteiger partial charge on any atom is -0.464 e. The summed E-state index contributed by atoms with van der Waals surface area (Å²) in [5.41, 5.74) is 0.895. The van der Waals surface area contributed by atoms with E-state index >= 15 is 0 Å². The fourth-order valence-electron chi connectivity index (χ4n) is 1.47. The smallest absolute Gasteiger partial charge is 0.342 e. The van der Waals surface area contributed by atoms with E-state index in [0.29, 0.717) is 6.54 Å². The van der Waals surface area contributed by atoms with Gasteiger partial charge in [-0.05, 0) is 12.5 Å². The number of alkyl halides is 2. The highest BCUT2D eigenvalue weighted by atomic mass is 19.1. The van der Waals surface area contributed by atoms with Gasteiger partial charge in [0, 0.05) is 6.54 Å². The second-order valence-electron chi connectivity index (χ2n) is 3.78. The number of carbonyl (C=O) groups is 1. The van der Waals surface area contributed by atoms with E-state index in [1.165, 1.54) is 0 Å². The van der Waals surface area contributed by atoms with Crippen molar-refractivity contribution in [3.05, 3.63) is 35.9 Å². The first kappa shape index (κ1) is 14.6. The monoisotopic (exact) mass is 257 g/mol. The summed E-state index contributed by atoms with van der Waals surface area (Å²) < 4.78 is 30.8. The van der Waals surface area contributed by atoms with Crippen LogP contribution in [0.15, 0.2) is 30.3 Å². The lowest BCUT2D eigenvalue weighted by atomic mass is 10.1. The van der Waals surface area contributed by atoms with E-state index in [2.05, 4.69) is 10.1 Å². The van der Waals surface area contributed by atoms with Crippen LogP contribution < -0.4 is 5.32 Å². The Bertz CT molecular complexity index is 359. The molecule has 0 radical (unpaired) electrons. The van der Waals surface area contributed by atoms with Crippen molar-refractivity contribution in [3.63, 3.8) is 0 Å². The Balaban J connectivity index is 2.49. The molecule has 5 heteroatoms. The van der Waals surface area contributed by atoms with Gasteiger partial charge in [-0.2, -0.15) is 0 Å². The van der Waals surface area contributed by atoms with Crippen molar-refractivity contribution in [3.8, 4) is 0 Å². The minimum absolute atomic E-state index is 0.0803. The third-order valence-electron chi connectivity index (χ3n) is 2.44. The molecule has 18 heavy (non-hydrogen) atoms. The quantitative estimate of drug-likeness (QED) is 0.759. The van der Waals surface area contributed by atoms with Gasteiger partial charge in [-0.1, -0.05) is 30.3 Å². The van der Waals surface area contributed by atoms with Crippen molar-refractivity contribution >= 4 is 5.97 Å². The Morgan fingerprint density at radius 3 is 2.61 bits per heavy atom. The van der Waals surface area contributed by atoms with Gasteiger partial charge < -0.3 is 10.1 Å². The summed E-state index contributed by atoms with van der Waals surface area (Å²) in [6.07, 6.45) is -1.99. The number of ether oxygens (including phenoxy) is 1. The average molecular weight is 257 g/mol. The standard InChI is InChI=1S/C13H17F2NO2/c1-2-18-13(17)12(15)11(8-14)16-9-10-6-4-3-5-7-10/h3-7,11-12,16H,2,8-9H2,1H3. The first-order valence-electron chi connectivity index (χ1n) is 5.83. The second kappa shape index (κ2) is 7.76. The van der Waals surface area contributed by atoms with Gasteiger partial charge in [0.2, 0.25) is 6.17 Å². The van der Waals surface area contributed by atoms with Crippen LogP contribution in [-0.4, -0.2) is 31.5 Å². The summed E-state index contributed by atoms with van der Waals surface area (Å²) in [5, 5.41) is 2.67. The molecule has 2 atom stereocenters. The highest BCUT2D eigenvalue weighted by Gasteiger charge is 2.29. The number of benzene rings is 1. The van der Waals surface area contributed by atoms with E-state index in [1.807, 2.05) is 30.3 Å². The van der Waals surface area contributed by atoms with Crippen LogP contribution in [0.3, 0.4) is 0 Å². The maximum Gasteiger partial charge on any atom is 0.342 e. The van der Waals surface area contributed by atoms with E-state index in [4.69, 9.17) is 0 Å². The topological polar surface area (TPSA) is 38.3 Å². The maximum atomic E-state index is 13.6. The van der Waals surface area contributed by atoms with Crippen molar-refractivity contribution in [2.24, 2.45) is 0 Å². The third kappa shape index (κ3) is 4.41. The molecule has 0 aliphatic rings. The lowest BCUT2D eigenvalue weighted by Gasteiger charge is -2.18. The first-order chi connectivity index (χ1) is 8.69. The predicted molar refractivity (Wildman–Crippen MR) is 64.6 cm³/mol. The molecule has 1 rings (SSSR count). The zero-order valence-corrected chi connectivity index (χ0v) is 10.2. The Morgan fingerprint density at radius 1 is 1.39 bits per heavy atom. The molecular weight excluding hydrogens is 240 g/mol. The van der Waals surface area contributed by atoms with Gasteiger partial charge in [-0.3, -0.25) is 0 Å². The minimum atomic E-state index is -1.99. The Hall–Kier alpha value is -1.49. The number of hydrogen-bond donors (Lipinski definition) is 1. The van der Waals surface area contributed by atoms with Crippen LogP contribution >= 0.6 is 0 Å². The van der Waals surface area contributed by atoms with E-state index in [9.17, 15) is 13.6 Å². The molecule has 0 aliphatic heterocycles. The number of hydrogen-bond acceptors (Lipinski definition) is 3. The second-order valence-corrected chi connectivity index (χ2v) is 3.78. The number of halogens is 2. The van der Waals surface area contributed by atoms with E-state index in [-0.39, 0.29) is 6.61 Å². The molecule has 0 saturated heterocycles. The van der Waals surface area contributed by atoms with Gasteiger partial charge in [0.15, 0.2) is 0 Å². The van der Waals surface area contributed by atoms with Gasteiger partial charge in [0.05, 0.1) is 12.6 Å². The van der Waals surface area contributed by atoms with Crippen LogP contribution in [0.5, 0.6) is 0 Å². The lowest BCUT2D eigenvalue weighted by Crippen LogP contribution is -2.43. The zero-order valence-electron chi connectivity index (χ0n) is 10.2. The lowest BCUT2D eigenvalue weighted by molar-refractivity contribution is -0.150. The molecule has 0 aromatic heterocycles. The summed E-state index contributed by atoms with van der Waals surface area (Å²) in [5.74, 6) is -1.03. The van der Waals surface area contributed by atoms with Crippen LogP contribution in [0.4, 0.5) is 8.78 Å². The molecule has 100 valence electrons. The van der Waals surface area contributed by atoms with Crippen molar-refractivity contribution in [1.29, 1.82) is 0 Å². The van der Waals surface area contributed by atoms with Crippen molar-refractivity contribution in [2.75, 3.05) is 13.3 Å². The molecule has 1 aromatic carbocycles. The van der Waals surface area contributed by atoms with Gasteiger partial charge in [-0.25, -0.2) is 13.6 Å². The molecule has 1 N–H and O–H groups in total. The molecule has 2 unspecified atom stereocenters. The van der Waals surface area contributed by atoms with E-state index in [1.54, 1.807) is 6.92 Å². The third-order valence-corrected chi connectivity index (χ3v) is 2.44. The average Bonchev–Trinajstić information content (AvgIpc) is 2.40. The van der Waals surface area contributed by atoms with Crippen LogP contribution in [-0.2, 0) is 16.1 Å². The first-order valence-corrected chi connectivity index (χ1v) is 5.83. The molecule has 0 spiro atoms. The maximum absolute atomic E-state index is 13.6. The molecule has 0 amide bonds. The van der Waals surface area contributed by atoms with Gasteiger partial charge in [0.25, 0.3) is 0 Å². The molecule has 3 nitrogen and oxygen atoms in total. The molecule has 0 fully saturated rings. The van der Waals surface area contributed by atoms with E-state index < -0.39 is 24.9 Å². The van der Waals surface area contributed by atoms with Crippen molar-refractivity contribution < 1.29 is 18.3 Å². The van der Waals surface area contributed by atoms with E-state index in [0.717, 1.165) is 5.56 Å². The van der Waals surface area contributed by atoms with Gasteiger partial charge >= 0.3 is 5.97 Å². The molecule has 0 heterocycles. The molecular formula is C13H17F2NO2. The SMILES string of the molecule is CCOC(=O)C(F)C(CF)NCc1ccccc1. The van der Waals surface area contributed by atoms with Crippen LogP contribution in [0.25, 0.3) is 0 Å². The fourth-order valence-corrected chi connectivity index (χ4v) is 1.47. The number of esters is 1. The van der Waals surface area contributed by atoms with Crippen LogP contribution in [0, 0.1) is 0 Å². The fraction of sp³-hybridized carbons (Fsp3) is 0.462. The largest absolute Gasteiger partial charge is 0.464 e. The summed E-state index contributed by atoms with van der Waals surface area (Å²) in [4.78, 5) is 11.2. The Labute approximate surface area is 105 Å². The highest BCUT2D eigenvalue weighted by molar-refractivity contribution is 5.75. The molecule has 1 aromatic rings. The summed E-state index contributed by atoms with van der Waals surface area (Å²) in [6, 6.07) is 8.01. The number of carbonyl (C=O) groups excluding carboxylic acids is 1. The molecule has 0 aliphatic carbocycles. The van der Waals surface area contributed by atoms with Gasteiger partial charge in [-0.15, -0.1) is 0 Å². The van der Waals surface area contributed by atoms with Gasteiger partial charge in [0.1, 0.15) is 6.67 Å². The summed E-state index contributed by atoms with van der Waals surface area (Å²) in [6.45, 7) is 0.992. The Kier molecular flexibility index (Phi) is 6.28. The summed E-state index contributed by atoms with van der Waals surface area (Å²) >= 11 is 0. The molecule has 0 saturated carbocycles. The Morgan fingerprint density at radius 2 is 2.06 bits per heavy atom. The van der Waals surface area contributed by atoms with Crippen LogP contribution in [0.2, 0.25) is 0 Å². The van der Waals surface area contributed by atoms with Crippen LogP contribution in [0.1, 0.15) is 12.5 Å². The zero-order chi connectivity index (χ0) is 13.4. The summed E-state index contributed by atoms with van der Waals surface area (Å²) in [7, 11) is 0. The van der Waals surface area contributed by atoms with Crippen molar-refractivity contribution in [1.82, 2.24) is 5.32 Å².